The van der Waals surface area contributed by atoms with Crippen LogP contribution in [0.2, 0.25) is 0 Å². The Balaban J connectivity index is 1.64. The highest BCUT2D eigenvalue weighted by Gasteiger charge is 2.15. The van der Waals surface area contributed by atoms with Gasteiger partial charge in [-0.05, 0) is 24.5 Å². The molecule has 0 saturated carbocycles. The van der Waals surface area contributed by atoms with Crippen LogP contribution in [0.25, 0.3) is 0 Å². The fourth-order valence-corrected chi connectivity index (χ4v) is 2.85. The summed E-state index contributed by atoms with van der Waals surface area (Å²) in [6.45, 7) is 3.01. The van der Waals surface area contributed by atoms with E-state index < -0.39 is 0 Å². The van der Waals surface area contributed by atoms with E-state index in [1.165, 1.54) is 6.20 Å². The summed E-state index contributed by atoms with van der Waals surface area (Å²) in [6.07, 6.45) is 4.08. The van der Waals surface area contributed by atoms with Crippen molar-refractivity contribution in [3.63, 3.8) is 0 Å². The van der Waals surface area contributed by atoms with Gasteiger partial charge in [-0.1, -0.05) is 36.4 Å². The van der Waals surface area contributed by atoms with Gasteiger partial charge in [0.05, 0.1) is 25.0 Å². The summed E-state index contributed by atoms with van der Waals surface area (Å²) in [6, 6.07) is 10.7. The maximum absolute atomic E-state index is 12.2. The Morgan fingerprint density at radius 1 is 1.33 bits per heavy atom. The molecule has 2 amide bonds. The second-order valence-electron chi connectivity index (χ2n) is 6.32. The molecule has 1 atom stereocenters. The molecule has 0 unspecified atom stereocenters. The highest BCUT2D eigenvalue weighted by atomic mass is 16.5. The average molecular weight is 365 g/mol. The molecule has 7 heteroatoms. The molecule has 3 rings (SSSR count). The number of nitrogen functional groups attached to an aromatic ring is 1. The molecule has 0 aliphatic carbocycles. The minimum absolute atomic E-state index is 0.142. The third kappa shape index (κ3) is 4.71. The molecule has 2 heterocycles. The van der Waals surface area contributed by atoms with Gasteiger partial charge >= 0.3 is 6.03 Å². The van der Waals surface area contributed by atoms with Gasteiger partial charge < -0.3 is 15.8 Å². The smallest absolute Gasteiger partial charge is 0.320 e. The van der Waals surface area contributed by atoms with Crippen molar-refractivity contribution >= 4 is 23.2 Å². The first-order valence-corrected chi connectivity index (χ1v) is 8.78. The number of aromatic nitrogens is 1. The van der Waals surface area contributed by atoms with Crippen LogP contribution in [0.1, 0.15) is 30.5 Å². The Kier molecular flexibility index (Phi) is 5.83. The molecule has 140 valence electrons. The number of pyridine rings is 1. The van der Waals surface area contributed by atoms with E-state index in [2.05, 4.69) is 15.6 Å². The topological polar surface area (TPSA) is 113 Å². The fourth-order valence-electron chi connectivity index (χ4n) is 2.85. The number of hydrogen-bond donors (Lipinski definition) is 4. The summed E-state index contributed by atoms with van der Waals surface area (Å²) in [5.74, 6) is 0.336. The van der Waals surface area contributed by atoms with E-state index in [4.69, 9.17) is 15.9 Å². The van der Waals surface area contributed by atoms with E-state index in [0.29, 0.717) is 42.4 Å². The molecule has 2 aromatic rings. The largest absolute Gasteiger partial charge is 0.398 e. The van der Waals surface area contributed by atoms with Gasteiger partial charge in [-0.25, -0.2) is 9.78 Å². The van der Waals surface area contributed by atoms with Crippen LogP contribution in [0.15, 0.2) is 54.2 Å². The molecule has 0 saturated heterocycles. The first-order chi connectivity index (χ1) is 13.0. The molecule has 7 nitrogen and oxygen atoms in total. The van der Waals surface area contributed by atoms with Crippen molar-refractivity contribution in [1.29, 1.82) is 5.41 Å². The van der Waals surface area contributed by atoms with Gasteiger partial charge in [0, 0.05) is 23.5 Å². The SMILES string of the molecule is C[C@@H](NC(=O)Nc1cc(N)c(C(=N)C2=CCOCC2)cn1)c1ccccc1. The van der Waals surface area contributed by atoms with Crippen LogP contribution in [-0.2, 0) is 4.74 Å². The highest BCUT2D eigenvalue weighted by Crippen LogP contribution is 2.21. The van der Waals surface area contributed by atoms with E-state index in [9.17, 15) is 4.79 Å². The molecular formula is C20H23N5O2. The van der Waals surface area contributed by atoms with E-state index in [1.807, 2.05) is 43.3 Å². The van der Waals surface area contributed by atoms with Crippen molar-refractivity contribution < 1.29 is 9.53 Å². The molecule has 1 aliphatic heterocycles. The summed E-state index contributed by atoms with van der Waals surface area (Å²) in [5.41, 5.74) is 9.28. The number of carbonyl (C=O) groups is 1. The van der Waals surface area contributed by atoms with Crippen molar-refractivity contribution in [2.24, 2.45) is 0 Å². The normalized spacial score (nSPS) is 14.8. The number of nitrogens with one attached hydrogen (secondary N) is 3. The van der Waals surface area contributed by atoms with Crippen LogP contribution < -0.4 is 16.4 Å². The summed E-state index contributed by atoms with van der Waals surface area (Å²) < 4.78 is 5.27. The number of hydrogen-bond acceptors (Lipinski definition) is 5. The zero-order valence-corrected chi connectivity index (χ0v) is 15.2. The Morgan fingerprint density at radius 2 is 2.11 bits per heavy atom. The van der Waals surface area contributed by atoms with Crippen molar-refractivity contribution in [3.05, 3.63) is 65.4 Å². The Bertz CT molecular complexity index is 864. The maximum atomic E-state index is 12.2. The lowest BCUT2D eigenvalue weighted by molar-refractivity contribution is 0.156. The van der Waals surface area contributed by atoms with Gasteiger partial charge in [-0.2, -0.15) is 0 Å². The van der Waals surface area contributed by atoms with Gasteiger partial charge in [-0.3, -0.25) is 10.7 Å². The van der Waals surface area contributed by atoms with Gasteiger partial charge in [0.2, 0.25) is 0 Å². The van der Waals surface area contributed by atoms with E-state index >= 15 is 0 Å². The summed E-state index contributed by atoms with van der Waals surface area (Å²) >= 11 is 0. The molecule has 1 aliphatic rings. The predicted octanol–water partition coefficient (Wildman–Crippen LogP) is 3.26. The molecule has 1 aromatic carbocycles. The van der Waals surface area contributed by atoms with Crippen LogP contribution >= 0.6 is 0 Å². The van der Waals surface area contributed by atoms with E-state index in [-0.39, 0.29) is 12.1 Å². The third-order valence-electron chi connectivity index (χ3n) is 4.38. The lowest BCUT2D eigenvalue weighted by Gasteiger charge is -2.17. The molecule has 0 spiro atoms. The molecule has 1 aromatic heterocycles. The molecule has 0 radical (unpaired) electrons. The quantitative estimate of drug-likeness (QED) is 0.609. The molecule has 5 N–H and O–H groups in total. The fraction of sp³-hybridized carbons (Fsp3) is 0.250. The Hall–Kier alpha value is -3.19. The van der Waals surface area contributed by atoms with Gasteiger partial charge in [0.1, 0.15) is 5.82 Å². The number of ether oxygens (including phenoxy) is 1. The van der Waals surface area contributed by atoms with Crippen LogP contribution in [0.5, 0.6) is 0 Å². The zero-order chi connectivity index (χ0) is 19.2. The minimum atomic E-state index is -0.367. The molecule has 0 bridgehead atoms. The van der Waals surface area contributed by atoms with Gasteiger partial charge in [0.15, 0.2) is 0 Å². The number of amides is 2. The lowest BCUT2D eigenvalue weighted by Crippen LogP contribution is -2.31. The maximum Gasteiger partial charge on any atom is 0.320 e. The Labute approximate surface area is 158 Å². The number of nitrogens with zero attached hydrogens (tertiary/aromatic N) is 1. The zero-order valence-electron chi connectivity index (χ0n) is 15.2. The molecule has 27 heavy (non-hydrogen) atoms. The first-order valence-electron chi connectivity index (χ1n) is 8.78. The first kappa shape index (κ1) is 18.6. The molecule has 0 fully saturated rings. The lowest BCUT2D eigenvalue weighted by atomic mass is 9.99. The second kappa shape index (κ2) is 8.46. The summed E-state index contributed by atoms with van der Waals surface area (Å²) in [4.78, 5) is 16.4. The van der Waals surface area contributed by atoms with Crippen molar-refractivity contribution in [2.75, 3.05) is 24.3 Å². The number of carbonyl (C=O) groups excluding carboxylic acids is 1. The van der Waals surface area contributed by atoms with Crippen LogP contribution in [0, 0.1) is 5.41 Å². The number of benzene rings is 1. The standard InChI is InChI=1S/C20H23N5O2/c1-13(14-5-3-2-4-6-14)24-20(26)25-18-11-17(21)16(12-23-18)19(22)15-7-9-27-10-8-15/h2-7,11-13,22H,8-10H2,1H3,(H4,21,23,24,25,26)/t13-/m1/s1. The number of anilines is 2. The van der Waals surface area contributed by atoms with Crippen LogP contribution in [0.4, 0.5) is 16.3 Å². The average Bonchev–Trinajstić information content (AvgIpc) is 2.69. The van der Waals surface area contributed by atoms with Gasteiger partial charge in [0.25, 0.3) is 0 Å². The third-order valence-corrected chi connectivity index (χ3v) is 4.38. The molecular weight excluding hydrogens is 342 g/mol. The van der Waals surface area contributed by atoms with Crippen molar-refractivity contribution in [2.45, 2.75) is 19.4 Å². The van der Waals surface area contributed by atoms with E-state index in [0.717, 1.165) is 11.1 Å². The number of urea groups is 1. The number of nitrogens with two attached hydrogens (primary N) is 1. The Morgan fingerprint density at radius 3 is 2.78 bits per heavy atom. The summed E-state index contributed by atoms with van der Waals surface area (Å²) in [7, 11) is 0. The monoisotopic (exact) mass is 365 g/mol. The van der Waals surface area contributed by atoms with Gasteiger partial charge in [-0.15, -0.1) is 0 Å². The van der Waals surface area contributed by atoms with Crippen molar-refractivity contribution in [1.82, 2.24) is 10.3 Å². The number of rotatable bonds is 5. The van der Waals surface area contributed by atoms with E-state index in [1.54, 1.807) is 6.07 Å². The second-order valence-corrected chi connectivity index (χ2v) is 6.32. The summed E-state index contributed by atoms with van der Waals surface area (Å²) in [5, 5.41) is 13.9. The van der Waals surface area contributed by atoms with Crippen LogP contribution in [0.3, 0.4) is 0 Å². The predicted molar refractivity (Wildman–Crippen MR) is 106 cm³/mol. The highest BCUT2D eigenvalue weighted by molar-refractivity contribution is 6.13. The minimum Gasteiger partial charge on any atom is -0.398 e. The van der Waals surface area contributed by atoms with Crippen LogP contribution in [-0.4, -0.2) is 29.9 Å². The van der Waals surface area contributed by atoms with Crippen molar-refractivity contribution in [3.8, 4) is 0 Å².